The van der Waals surface area contributed by atoms with Gasteiger partial charge in [0.15, 0.2) is 0 Å². The highest BCUT2D eigenvalue weighted by Gasteiger charge is 2.68. The quantitative estimate of drug-likeness (QED) is 0.713. The van der Waals surface area contributed by atoms with Crippen LogP contribution in [0, 0.1) is 17.8 Å². The maximum absolute atomic E-state index is 13.1. The van der Waals surface area contributed by atoms with Crippen molar-refractivity contribution >= 4 is 29.1 Å². The fourth-order valence-corrected chi connectivity index (χ4v) is 5.25. The van der Waals surface area contributed by atoms with Crippen molar-refractivity contribution in [3.8, 4) is 0 Å². The third-order valence-electron chi connectivity index (χ3n) is 5.44. The highest BCUT2D eigenvalue weighted by atomic mass is 32.1. The van der Waals surface area contributed by atoms with Crippen molar-refractivity contribution in [3.05, 3.63) is 22.4 Å². The highest BCUT2D eigenvalue weighted by molar-refractivity contribution is 7.10. The molecule has 2 saturated heterocycles. The maximum Gasteiger partial charge on any atom is 0.324 e. The number of thiophene rings is 1. The van der Waals surface area contributed by atoms with Crippen molar-refractivity contribution in [1.82, 2.24) is 10.2 Å². The first-order valence-electron chi connectivity index (χ1n) is 9.23. The Labute approximate surface area is 157 Å². The van der Waals surface area contributed by atoms with Crippen molar-refractivity contribution in [2.24, 2.45) is 17.8 Å². The number of carboxylic acids is 1. The minimum Gasteiger partial charge on any atom is -0.480 e. The lowest BCUT2D eigenvalue weighted by atomic mass is 9.75. The molecule has 0 radical (unpaired) electrons. The van der Waals surface area contributed by atoms with Gasteiger partial charge in [-0.15, -0.1) is 11.3 Å². The van der Waals surface area contributed by atoms with Gasteiger partial charge in [-0.05, 0) is 30.2 Å². The standard InChI is InChI=1S/C19H26N2O4S/c1-4-5-8-21-16(22)13-14(17(21)23)19(18(24)25,10-11(2)3)20-15(13)12-7-6-9-26-12/h6-7,9,11,13-15,20H,4-5,8,10H2,1-3H3,(H,24,25). The normalized spacial score (nSPS) is 31.1. The predicted molar refractivity (Wildman–Crippen MR) is 98.6 cm³/mol. The molecule has 142 valence electrons. The van der Waals surface area contributed by atoms with E-state index < -0.39 is 29.4 Å². The number of unbranched alkanes of at least 4 members (excludes halogenated alkanes) is 1. The third-order valence-corrected chi connectivity index (χ3v) is 6.40. The molecule has 2 fully saturated rings. The number of hydrogen-bond acceptors (Lipinski definition) is 5. The smallest absolute Gasteiger partial charge is 0.324 e. The van der Waals surface area contributed by atoms with Crippen LogP contribution in [0.3, 0.4) is 0 Å². The van der Waals surface area contributed by atoms with E-state index in [4.69, 9.17) is 0 Å². The van der Waals surface area contributed by atoms with Gasteiger partial charge in [-0.2, -0.15) is 0 Å². The Morgan fingerprint density at radius 1 is 1.38 bits per heavy atom. The number of aliphatic carboxylic acids is 1. The fourth-order valence-electron chi connectivity index (χ4n) is 4.43. The number of likely N-dealkylation sites (tertiary alicyclic amines) is 1. The van der Waals surface area contributed by atoms with Crippen molar-refractivity contribution < 1.29 is 19.5 Å². The molecule has 0 bridgehead atoms. The zero-order chi connectivity index (χ0) is 19.1. The Bertz CT molecular complexity index is 702. The molecule has 0 spiro atoms. The molecule has 7 heteroatoms. The number of carbonyl (C=O) groups excluding carboxylic acids is 2. The van der Waals surface area contributed by atoms with Gasteiger partial charge in [0, 0.05) is 11.4 Å². The van der Waals surface area contributed by atoms with E-state index in [-0.39, 0.29) is 17.7 Å². The Hall–Kier alpha value is -1.73. The number of rotatable bonds is 7. The molecule has 0 saturated carbocycles. The number of nitrogens with one attached hydrogen (secondary N) is 1. The monoisotopic (exact) mass is 378 g/mol. The maximum atomic E-state index is 13.1. The molecule has 2 aliphatic heterocycles. The van der Waals surface area contributed by atoms with E-state index in [1.165, 1.54) is 16.2 Å². The van der Waals surface area contributed by atoms with Crippen LogP contribution in [0.4, 0.5) is 0 Å². The molecule has 3 rings (SSSR count). The van der Waals surface area contributed by atoms with Gasteiger partial charge in [0.2, 0.25) is 11.8 Å². The summed E-state index contributed by atoms with van der Waals surface area (Å²) in [5, 5.41) is 15.2. The summed E-state index contributed by atoms with van der Waals surface area (Å²) in [4.78, 5) is 40.8. The third kappa shape index (κ3) is 2.87. The van der Waals surface area contributed by atoms with Crippen LogP contribution in [0.2, 0.25) is 0 Å². The molecule has 2 N–H and O–H groups in total. The second kappa shape index (κ2) is 7.12. The number of fused-ring (bicyclic) bond motifs is 1. The van der Waals surface area contributed by atoms with E-state index in [1.54, 1.807) is 0 Å². The molecule has 2 amide bonds. The van der Waals surface area contributed by atoms with Crippen LogP contribution >= 0.6 is 11.3 Å². The van der Waals surface area contributed by atoms with Gasteiger partial charge in [-0.1, -0.05) is 33.3 Å². The number of nitrogens with zero attached hydrogens (tertiary/aromatic N) is 1. The molecule has 1 aromatic heterocycles. The summed E-state index contributed by atoms with van der Waals surface area (Å²) >= 11 is 1.49. The molecule has 2 aliphatic rings. The van der Waals surface area contributed by atoms with E-state index >= 15 is 0 Å². The minimum atomic E-state index is -1.40. The predicted octanol–water partition coefficient (Wildman–Crippen LogP) is 2.66. The molecule has 3 heterocycles. The Balaban J connectivity index is 2.07. The molecule has 0 aromatic carbocycles. The number of hydrogen-bond donors (Lipinski definition) is 2. The number of imide groups is 1. The summed E-state index contributed by atoms with van der Waals surface area (Å²) in [6, 6.07) is 3.35. The van der Waals surface area contributed by atoms with Gasteiger partial charge in [-0.3, -0.25) is 24.6 Å². The second-order valence-electron chi connectivity index (χ2n) is 7.70. The van der Waals surface area contributed by atoms with Crippen LogP contribution in [0.5, 0.6) is 0 Å². The molecular weight excluding hydrogens is 352 g/mol. The molecule has 26 heavy (non-hydrogen) atoms. The lowest BCUT2D eigenvalue weighted by molar-refractivity contribution is -0.152. The van der Waals surface area contributed by atoms with E-state index in [0.717, 1.165) is 17.7 Å². The van der Waals surface area contributed by atoms with Gasteiger partial charge >= 0.3 is 5.97 Å². The average molecular weight is 378 g/mol. The number of amides is 2. The van der Waals surface area contributed by atoms with Crippen LogP contribution < -0.4 is 5.32 Å². The number of carboxylic acid groups (broad SMARTS) is 1. The zero-order valence-electron chi connectivity index (χ0n) is 15.4. The van der Waals surface area contributed by atoms with Crippen molar-refractivity contribution in [2.45, 2.75) is 51.6 Å². The largest absolute Gasteiger partial charge is 0.480 e. The van der Waals surface area contributed by atoms with Crippen LogP contribution in [0.25, 0.3) is 0 Å². The SMILES string of the molecule is CCCCN1C(=O)C2C(c3cccs3)NC(CC(C)C)(C(=O)O)C2C1=O. The fraction of sp³-hybridized carbons (Fsp3) is 0.632. The molecular formula is C19H26N2O4S. The van der Waals surface area contributed by atoms with Crippen molar-refractivity contribution in [2.75, 3.05) is 6.54 Å². The summed E-state index contributed by atoms with van der Waals surface area (Å²) in [5.41, 5.74) is -1.40. The van der Waals surface area contributed by atoms with Gasteiger partial charge in [0.05, 0.1) is 17.9 Å². The molecule has 6 nitrogen and oxygen atoms in total. The van der Waals surface area contributed by atoms with E-state index in [2.05, 4.69) is 5.32 Å². The summed E-state index contributed by atoms with van der Waals surface area (Å²) < 4.78 is 0. The van der Waals surface area contributed by atoms with Crippen molar-refractivity contribution in [1.29, 1.82) is 0 Å². The number of carbonyl (C=O) groups is 3. The first-order chi connectivity index (χ1) is 12.3. The first-order valence-corrected chi connectivity index (χ1v) is 10.1. The average Bonchev–Trinajstić information content (AvgIpc) is 3.24. The van der Waals surface area contributed by atoms with E-state index in [1.807, 2.05) is 38.3 Å². The first kappa shape index (κ1) is 19.0. The van der Waals surface area contributed by atoms with Gasteiger partial charge in [-0.25, -0.2) is 0 Å². The van der Waals surface area contributed by atoms with Gasteiger partial charge in [0.25, 0.3) is 0 Å². The van der Waals surface area contributed by atoms with Crippen LogP contribution in [-0.2, 0) is 14.4 Å². The topological polar surface area (TPSA) is 86.7 Å². The Kier molecular flexibility index (Phi) is 5.21. The molecule has 4 unspecified atom stereocenters. The summed E-state index contributed by atoms with van der Waals surface area (Å²) in [6.07, 6.45) is 1.92. The zero-order valence-corrected chi connectivity index (χ0v) is 16.2. The second-order valence-corrected chi connectivity index (χ2v) is 8.68. The van der Waals surface area contributed by atoms with Crippen molar-refractivity contribution in [3.63, 3.8) is 0 Å². The van der Waals surface area contributed by atoms with Crippen LogP contribution in [-0.4, -0.2) is 39.9 Å². The summed E-state index contributed by atoms with van der Waals surface area (Å²) in [5.74, 6) is -3.02. The van der Waals surface area contributed by atoms with Gasteiger partial charge < -0.3 is 5.11 Å². The van der Waals surface area contributed by atoms with Gasteiger partial charge in [0.1, 0.15) is 5.54 Å². The lowest BCUT2D eigenvalue weighted by Gasteiger charge is -2.32. The summed E-state index contributed by atoms with van der Waals surface area (Å²) in [6.45, 7) is 6.25. The highest BCUT2D eigenvalue weighted by Crippen LogP contribution is 2.51. The Morgan fingerprint density at radius 3 is 2.65 bits per heavy atom. The van der Waals surface area contributed by atoms with E-state index in [9.17, 15) is 19.5 Å². The van der Waals surface area contributed by atoms with E-state index in [0.29, 0.717) is 13.0 Å². The minimum absolute atomic E-state index is 0.0777. The molecule has 1 aromatic rings. The Morgan fingerprint density at radius 2 is 2.12 bits per heavy atom. The lowest BCUT2D eigenvalue weighted by Crippen LogP contribution is -2.56. The molecule has 4 atom stereocenters. The molecule has 0 aliphatic carbocycles. The van der Waals surface area contributed by atoms with Crippen LogP contribution in [0.1, 0.15) is 51.0 Å². The van der Waals surface area contributed by atoms with Crippen LogP contribution in [0.15, 0.2) is 17.5 Å². The summed E-state index contributed by atoms with van der Waals surface area (Å²) in [7, 11) is 0.